The molecule has 0 aliphatic carbocycles. The number of anilines is 2. The predicted octanol–water partition coefficient (Wildman–Crippen LogP) is 6.00. The molecule has 1 unspecified atom stereocenters. The standard InChI is InChI=1S/C28H26BrClN6O4/c1-4-39-23-14-18(13-19(29)26(23)40-15-17-9-5-6-10-20(17)30)25-24(16(2)31-28-33-34-35-36(25)28)27(37)32-21-11-7-8-12-22(21)38-3/h5-14,25H,4,15H2,1-3H3,(H,32,37)(H,31,33,35). The second-order valence-electron chi connectivity index (χ2n) is 8.81. The molecule has 2 heterocycles. The molecule has 206 valence electrons. The second-order valence-corrected chi connectivity index (χ2v) is 10.1. The molecular formula is C28H26BrClN6O4. The molecule has 40 heavy (non-hydrogen) atoms. The van der Waals surface area contributed by atoms with E-state index in [1.165, 1.54) is 0 Å². The van der Waals surface area contributed by atoms with E-state index in [2.05, 4.69) is 42.1 Å². The minimum Gasteiger partial charge on any atom is -0.495 e. The van der Waals surface area contributed by atoms with Gasteiger partial charge in [0, 0.05) is 16.3 Å². The van der Waals surface area contributed by atoms with Crippen molar-refractivity contribution in [1.82, 2.24) is 20.2 Å². The quantitative estimate of drug-likeness (QED) is 0.233. The molecule has 0 radical (unpaired) electrons. The lowest BCUT2D eigenvalue weighted by atomic mass is 9.94. The van der Waals surface area contributed by atoms with Crippen LogP contribution in [0.1, 0.15) is 31.0 Å². The average Bonchev–Trinajstić information content (AvgIpc) is 3.41. The van der Waals surface area contributed by atoms with Crippen molar-refractivity contribution >= 4 is 45.1 Å². The summed E-state index contributed by atoms with van der Waals surface area (Å²) in [5.41, 5.74) is 3.11. The van der Waals surface area contributed by atoms with E-state index in [4.69, 9.17) is 25.8 Å². The molecule has 4 aromatic rings. The fraction of sp³-hybridized carbons (Fsp3) is 0.214. The fourth-order valence-electron chi connectivity index (χ4n) is 4.47. The lowest BCUT2D eigenvalue weighted by Crippen LogP contribution is -2.31. The van der Waals surface area contributed by atoms with Gasteiger partial charge in [0.25, 0.3) is 5.91 Å². The Morgan fingerprint density at radius 1 is 1.12 bits per heavy atom. The van der Waals surface area contributed by atoms with Crippen LogP contribution in [0.25, 0.3) is 0 Å². The predicted molar refractivity (Wildman–Crippen MR) is 155 cm³/mol. The van der Waals surface area contributed by atoms with Gasteiger partial charge in [-0.2, -0.15) is 4.68 Å². The largest absolute Gasteiger partial charge is 0.495 e. The molecule has 1 amide bonds. The van der Waals surface area contributed by atoms with Crippen LogP contribution in [-0.4, -0.2) is 39.8 Å². The van der Waals surface area contributed by atoms with E-state index in [-0.39, 0.29) is 12.5 Å². The minimum absolute atomic E-state index is 0.244. The Morgan fingerprint density at radius 3 is 2.67 bits per heavy atom. The van der Waals surface area contributed by atoms with E-state index in [9.17, 15) is 4.79 Å². The van der Waals surface area contributed by atoms with Crippen LogP contribution in [0.2, 0.25) is 5.02 Å². The van der Waals surface area contributed by atoms with Gasteiger partial charge in [-0.3, -0.25) is 4.79 Å². The molecule has 0 saturated carbocycles. The van der Waals surface area contributed by atoms with Crippen LogP contribution >= 0.6 is 27.5 Å². The molecule has 3 aromatic carbocycles. The van der Waals surface area contributed by atoms with Crippen LogP contribution in [0.15, 0.2) is 76.4 Å². The summed E-state index contributed by atoms with van der Waals surface area (Å²) < 4.78 is 19.8. The van der Waals surface area contributed by atoms with Gasteiger partial charge in [0.05, 0.1) is 29.4 Å². The molecule has 0 saturated heterocycles. The molecule has 1 atom stereocenters. The molecule has 0 spiro atoms. The first-order valence-electron chi connectivity index (χ1n) is 12.4. The first-order chi connectivity index (χ1) is 19.4. The second kappa shape index (κ2) is 12.0. The van der Waals surface area contributed by atoms with Gasteiger partial charge in [0.15, 0.2) is 11.5 Å². The third-order valence-electron chi connectivity index (χ3n) is 6.29. The number of ether oxygens (including phenoxy) is 3. The van der Waals surface area contributed by atoms with Crippen molar-refractivity contribution in [3.05, 3.63) is 92.6 Å². The van der Waals surface area contributed by atoms with E-state index in [0.29, 0.717) is 61.8 Å². The number of hydrogen-bond donors (Lipinski definition) is 2. The van der Waals surface area contributed by atoms with Crippen LogP contribution in [0.5, 0.6) is 17.2 Å². The Kier molecular flexibility index (Phi) is 8.22. The van der Waals surface area contributed by atoms with Crippen LogP contribution in [0.3, 0.4) is 0 Å². The van der Waals surface area contributed by atoms with E-state index in [1.54, 1.807) is 23.9 Å². The van der Waals surface area contributed by atoms with Gasteiger partial charge >= 0.3 is 0 Å². The fourth-order valence-corrected chi connectivity index (χ4v) is 5.23. The molecule has 0 fully saturated rings. The Labute approximate surface area is 244 Å². The molecule has 1 aliphatic rings. The first kappa shape index (κ1) is 27.5. The summed E-state index contributed by atoms with van der Waals surface area (Å²) in [5.74, 6) is 1.61. The number of carbonyl (C=O) groups is 1. The van der Waals surface area contributed by atoms with Gasteiger partial charge < -0.3 is 24.8 Å². The summed E-state index contributed by atoms with van der Waals surface area (Å²) >= 11 is 9.98. The maximum atomic E-state index is 13.8. The first-order valence-corrected chi connectivity index (χ1v) is 13.6. The normalized spacial score (nSPS) is 14.3. The Bertz CT molecular complexity index is 1590. The van der Waals surface area contributed by atoms with Crippen molar-refractivity contribution in [3.8, 4) is 17.2 Å². The minimum atomic E-state index is -0.672. The number of benzene rings is 3. The number of allylic oxidation sites excluding steroid dienone is 1. The molecule has 5 rings (SSSR count). The van der Waals surface area contributed by atoms with Crippen LogP contribution in [0.4, 0.5) is 11.6 Å². The number of nitrogens with zero attached hydrogens (tertiary/aromatic N) is 4. The topological polar surface area (TPSA) is 112 Å². The number of methoxy groups -OCH3 is 1. The van der Waals surface area contributed by atoms with Crippen molar-refractivity contribution in [3.63, 3.8) is 0 Å². The maximum Gasteiger partial charge on any atom is 0.255 e. The van der Waals surface area contributed by atoms with Gasteiger partial charge in [0.1, 0.15) is 18.4 Å². The van der Waals surface area contributed by atoms with Crippen molar-refractivity contribution in [2.45, 2.75) is 26.5 Å². The Hall–Kier alpha value is -4.09. The molecule has 2 N–H and O–H groups in total. The molecule has 12 heteroatoms. The van der Waals surface area contributed by atoms with Crippen LogP contribution in [0, 0.1) is 0 Å². The summed E-state index contributed by atoms with van der Waals surface area (Å²) in [4.78, 5) is 13.8. The maximum absolute atomic E-state index is 13.8. The van der Waals surface area contributed by atoms with Crippen molar-refractivity contribution in [1.29, 1.82) is 0 Å². The zero-order valence-electron chi connectivity index (χ0n) is 21.9. The molecule has 1 aromatic heterocycles. The van der Waals surface area contributed by atoms with Gasteiger partial charge in [-0.05, 0) is 76.1 Å². The third-order valence-corrected chi connectivity index (χ3v) is 7.25. The highest BCUT2D eigenvalue weighted by Gasteiger charge is 2.35. The smallest absolute Gasteiger partial charge is 0.255 e. The van der Waals surface area contributed by atoms with E-state index in [1.807, 2.05) is 62.4 Å². The lowest BCUT2D eigenvalue weighted by molar-refractivity contribution is -0.113. The average molecular weight is 626 g/mol. The number of para-hydroxylation sites is 2. The van der Waals surface area contributed by atoms with Gasteiger partial charge in [-0.25, -0.2) is 0 Å². The summed E-state index contributed by atoms with van der Waals surface area (Å²) in [6.45, 7) is 4.34. The van der Waals surface area contributed by atoms with Crippen molar-refractivity contribution in [2.24, 2.45) is 0 Å². The van der Waals surface area contributed by atoms with Gasteiger partial charge in [-0.15, -0.1) is 0 Å². The molecule has 10 nitrogen and oxygen atoms in total. The number of hydrogen-bond acceptors (Lipinski definition) is 8. The Balaban J connectivity index is 1.54. The number of amides is 1. The highest BCUT2D eigenvalue weighted by molar-refractivity contribution is 9.10. The summed E-state index contributed by atoms with van der Waals surface area (Å²) in [6, 6.07) is 17.7. The number of tetrazole rings is 1. The number of halogens is 2. The third kappa shape index (κ3) is 5.47. The van der Waals surface area contributed by atoms with Crippen LogP contribution in [-0.2, 0) is 11.4 Å². The lowest BCUT2D eigenvalue weighted by Gasteiger charge is -2.29. The zero-order valence-corrected chi connectivity index (χ0v) is 24.3. The van der Waals surface area contributed by atoms with E-state index in [0.717, 1.165) is 5.56 Å². The van der Waals surface area contributed by atoms with E-state index < -0.39 is 6.04 Å². The van der Waals surface area contributed by atoms with Crippen LogP contribution < -0.4 is 24.8 Å². The van der Waals surface area contributed by atoms with Crippen molar-refractivity contribution < 1.29 is 19.0 Å². The molecule has 1 aliphatic heterocycles. The number of fused-ring (bicyclic) bond motifs is 1. The molecule has 0 bridgehead atoms. The monoisotopic (exact) mass is 624 g/mol. The summed E-state index contributed by atoms with van der Waals surface area (Å²) in [7, 11) is 1.55. The van der Waals surface area contributed by atoms with E-state index >= 15 is 0 Å². The van der Waals surface area contributed by atoms with Gasteiger partial charge in [0.2, 0.25) is 5.95 Å². The van der Waals surface area contributed by atoms with Crippen molar-refractivity contribution in [2.75, 3.05) is 24.4 Å². The SMILES string of the molecule is CCOc1cc(C2C(C(=O)Nc3ccccc3OC)=C(C)Nc3nnnn32)cc(Br)c1OCc1ccccc1Cl. The number of nitrogens with one attached hydrogen (secondary N) is 2. The van der Waals surface area contributed by atoms with Gasteiger partial charge in [-0.1, -0.05) is 47.0 Å². The number of aromatic nitrogens is 4. The zero-order chi connectivity index (χ0) is 28.2. The number of rotatable bonds is 9. The summed E-state index contributed by atoms with van der Waals surface area (Å²) in [5, 5.41) is 18.8. The summed E-state index contributed by atoms with van der Waals surface area (Å²) in [6.07, 6.45) is 0. The number of carbonyl (C=O) groups excluding carboxylic acids is 1. The molecular weight excluding hydrogens is 600 g/mol. The highest BCUT2D eigenvalue weighted by Crippen LogP contribution is 2.43. The Morgan fingerprint density at radius 2 is 1.90 bits per heavy atom. The highest BCUT2D eigenvalue weighted by atomic mass is 79.9.